The van der Waals surface area contributed by atoms with Crippen LogP contribution in [0.5, 0.6) is 0 Å². The fourth-order valence-electron chi connectivity index (χ4n) is 3.19. The lowest BCUT2D eigenvalue weighted by Gasteiger charge is -2.34. The van der Waals surface area contributed by atoms with E-state index in [-0.39, 0.29) is 16.8 Å². The lowest BCUT2D eigenvalue weighted by atomic mass is 9.98. The Balaban J connectivity index is 2.10. The minimum atomic E-state index is -3.44. The van der Waals surface area contributed by atoms with Crippen LogP contribution in [0.1, 0.15) is 32.3 Å². The molecule has 1 fully saturated rings. The number of benzene rings is 1. The van der Waals surface area contributed by atoms with Crippen LogP contribution in [-0.4, -0.2) is 69.9 Å². The van der Waals surface area contributed by atoms with Crippen molar-refractivity contribution in [2.75, 3.05) is 40.3 Å². The molecule has 0 spiro atoms. The lowest BCUT2D eigenvalue weighted by molar-refractivity contribution is -0.149. The van der Waals surface area contributed by atoms with Gasteiger partial charge < -0.3 is 15.0 Å². The highest BCUT2D eigenvalue weighted by Gasteiger charge is 2.28. The van der Waals surface area contributed by atoms with E-state index >= 15 is 0 Å². The number of nitrogens with one attached hydrogen (secondary N) is 1. The Morgan fingerprint density at radius 1 is 1.28 bits per heavy atom. The van der Waals surface area contributed by atoms with Crippen molar-refractivity contribution < 1.29 is 17.9 Å². The zero-order chi connectivity index (χ0) is 21.4. The molecule has 9 heteroatoms. The van der Waals surface area contributed by atoms with Gasteiger partial charge in [0, 0.05) is 33.7 Å². The van der Waals surface area contributed by atoms with Gasteiger partial charge in [-0.2, -0.15) is 0 Å². The molecule has 0 bridgehead atoms. The minimum absolute atomic E-state index is 0.136. The highest BCUT2D eigenvalue weighted by Crippen LogP contribution is 2.19. The molecule has 8 nitrogen and oxygen atoms in total. The summed E-state index contributed by atoms with van der Waals surface area (Å²) in [5.41, 5.74) is 0.914. The molecule has 162 valence electrons. The summed E-state index contributed by atoms with van der Waals surface area (Å²) < 4.78 is 30.7. The number of guanidine groups is 1. The Morgan fingerprint density at radius 3 is 2.55 bits per heavy atom. The monoisotopic (exact) mass is 424 g/mol. The molecular formula is C20H32N4O4S. The van der Waals surface area contributed by atoms with Crippen LogP contribution in [0.3, 0.4) is 0 Å². The average molecular weight is 425 g/mol. The molecule has 1 heterocycles. The number of rotatable bonds is 7. The van der Waals surface area contributed by atoms with Gasteiger partial charge in [-0.15, -0.1) is 0 Å². The Bertz CT molecular complexity index is 806. The molecule has 1 atom stereocenters. The zero-order valence-corrected chi connectivity index (χ0v) is 18.5. The fraction of sp³-hybridized carbons (Fsp3) is 0.600. The summed E-state index contributed by atoms with van der Waals surface area (Å²) in [7, 11) is -0.412. The van der Waals surface area contributed by atoms with Gasteiger partial charge >= 0.3 is 5.97 Å². The summed E-state index contributed by atoms with van der Waals surface area (Å²) in [6.45, 7) is 6.78. The Kier molecular flexibility index (Phi) is 8.45. The van der Waals surface area contributed by atoms with Crippen molar-refractivity contribution in [3.05, 3.63) is 29.8 Å². The molecule has 0 radical (unpaired) electrons. The number of piperidine rings is 1. The number of hydrogen-bond donors (Lipinski definition) is 1. The Morgan fingerprint density at radius 2 is 1.97 bits per heavy atom. The highest BCUT2D eigenvalue weighted by molar-refractivity contribution is 7.89. The predicted molar refractivity (Wildman–Crippen MR) is 113 cm³/mol. The largest absolute Gasteiger partial charge is 0.466 e. The molecule has 1 N–H and O–H groups in total. The van der Waals surface area contributed by atoms with Gasteiger partial charge in [-0.05, 0) is 44.4 Å². The first-order valence-electron chi connectivity index (χ1n) is 10.0. The van der Waals surface area contributed by atoms with Crippen LogP contribution in [0.4, 0.5) is 0 Å². The van der Waals surface area contributed by atoms with E-state index in [2.05, 4.69) is 10.2 Å². The van der Waals surface area contributed by atoms with E-state index < -0.39 is 10.0 Å². The smallest absolute Gasteiger partial charge is 0.310 e. The molecule has 1 aliphatic rings. The Hall–Kier alpha value is -2.13. The van der Waals surface area contributed by atoms with Crippen molar-refractivity contribution in [1.82, 2.24) is 14.5 Å². The molecule has 0 aromatic heterocycles. The third-order valence-corrected chi connectivity index (χ3v) is 6.62. The summed E-state index contributed by atoms with van der Waals surface area (Å²) in [6.07, 6.45) is 1.74. The van der Waals surface area contributed by atoms with E-state index in [1.807, 2.05) is 13.8 Å². The summed E-state index contributed by atoms with van der Waals surface area (Å²) in [5, 5.41) is 3.29. The number of sulfonamides is 1. The number of hydrogen-bond acceptors (Lipinski definition) is 5. The highest BCUT2D eigenvalue weighted by atomic mass is 32.2. The predicted octanol–water partition coefficient (Wildman–Crippen LogP) is 1.68. The molecule has 1 aromatic carbocycles. The first kappa shape index (κ1) is 23.2. The maximum Gasteiger partial charge on any atom is 0.310 e. The van der Waals surface area contributed by atoms with E-state index in [1.54, 1.807) is 24.3 Å². The number of likely N-dealkylation sites (tertiary alicyclic amines) is 1. The molecule has 0 aliphatic carbocycles. The number of carbonyl (C=O) groups is 1. The second-order valence-electron chi connectivity index (χ2n) is 7.14. The third-order valence-electron chi connectivity index (χ3n) is 4.79. The van der Waals surface area contributed by atoms with Crippen molar-refractivity contribution in [3.63, 3.8) is 0 Å². The number of ether oxygens (including phenoxy) is 1. The van der Waals surface area contributed by atoms with Gasteiger partial charge in [-0.1, -0.05) is 12.1 Å². The average Bonchev–Trinajstić information content (AvgIpc) is 2.71. The second-order valence-corrected chi connectivity index (χ2v) is 9.29. The first-order valence-corrected chi connectivity index (χ1v) is 11.4. The van der Waals surface area contributed by atoms with Crippen molar-refractivity contribution >= 4 is 22.0 Å². The van der Waals surface area contributed by atoms with Crippen LogP contribution < -0.4 is 5.32 Å². The van der Waals surface area contributed by atoms with Crippen LogP contribution in [0.2, 0.25) is 0 Å². The normalized spacial score (nSPS) is 18.0. The third kappa shape index (κ3) is 6.17. The first-order chi connectivity index (χ1) is 13.8. The topological polar surface area (TPSA) is 91.3 Å². The SMILES string of the molecule is CCNC(=NCc1ccc(S(=O)(=O)N(C)C)cc1)N1CCCC(C(=O)OCC)C1. The molecule has 0 amide bonds. The fourth-order valence-corrected chi connectivity index (χ4v) is 4.09. The standard InChI is InChI=1S/C20H32N4O4S/c1-5-21-20(24-13-7-8-17(15-24)19(25)28-6-2)22-14-16-9-11-18(12-10-16)29(26,27)23(3)4/h9-12,17H,5-8,13-15H2,1-4H3,(H,21,22). The molecule has 1 saturated heterocycles. The molecular weight excluding hydrogens is 392 g/mol. The summed E-state index contributed by atoms with van der Waals surface area (Å²) in [6, 6.07) is 6.76. The van der Waals surface area contributed by atoms with Crippen LogP contribution in [0.25, 0.3) is 0 Å². The van der Waals surface area contributed by atoms with Gasteiger partial charge in [0.15, 0.2) is 5.96 Å². The number of carbonyl (C=O) groups excluding carboxylic acids is 1. The van der Waals surface area contributed by atoms with E-state index in [4.69, 9.17) is 9.73 Å². The maximum absolute atomic E-state index is 12.2. The van der Waals surface area contributed by atoms with E-state index in [1.165, 1.54) is 18.4 Å². The van der Waals surface area contributed by atoms with Gasteiger partial charge in [0.25, 0.3) is 0 Å². The van der Waals surface area contributed by atoms with E-state index in [0.29, 0.717) is 19.7 Å². The Labute approximate surface area is 174 Å². The van der Waals surface area contributed by atoms with E-state index in [9.17, 15) is 13.2 Å². The van der Waals surface area contributed by atoms with Gasteiger partial charge in [-0.3, -0.25) is 4.79 Å². The molecule has 1 unspecified atom stereocenters. The number of esters is 1. The van der Waals surface area contributed by atoms with Crippen LogP contribution in [0.15, 0.2) is 34.2 Å². The number of aliphatic imine (C=N–C) groups is 1. The molecule has 29 heavy (non-hydrogen) atoms. The van der Waals surface area contributed by atoms with Gasteiger partial charge in [-0.25, -0.2) is 17.7 Å². The second kappa shape index (κ2) is 10.6. The van der Waals surface area contributed by atoms with Crippen LogP contribution in [-0.2, 0) is 26.1 Å². The summed E-state index contributed by atoms with van der Waals surface area (Å²) in [4.78, 5) is 19.2. The quantitative estimate of drug-likeness (QED) is 0.407. The van der Waals surface area contributed by atoms with Crippen LogP contribution >= 0.6 is 0 Å². The molecule has 0 saturated carbocycles. The van der Waals surface area contributed by atoms with Crippen molar-refractivity contribution in [2.24, 2.45) is 10.9 Å². The minimum Gasteiger partial charge on any atom is -0.466 e. The van der Waals surface area contributed by atoms with Gasteiger partial charge in [0.1, 0.15) is 0 Å². The molecule has 1 aromatic rings. The maximum atomic E-state index is 12.2. The zero-order valence-electron chi connectivity index (χ0n) is 17.7. The lowest BCUT2D eigenvalue weighted by Crippen LogP contribution is -2.48. The molecule has 2 rings (SSSR count). The molecule has 1 aliphatic heterocycles. The van der Waals surface area contributed by atoms with Gasteiger partial charge in [0.2, 0.25) is 10.0 Å². The number of nitrogens with zero attached hydrogens (tertiary/aromatic N) is 3. The van der Waals surface area contributed by atoms with Gasteiger partial charge in [0.05, 0.1) is 24.0 Å². The van der Waals surface area contributed by atoms with Crippen molar-refractivity contribution in [2.45, 2.75) is 38.1 Å². The van der Waals surface area contributed by atoms with E-state index in [0.717, 1.165) is 37.5 Å². The summed E-state index contributed by atoms with van der Waals surface area (Å²) in [5.74, 6) is 0.473. The van der Waals surface area contributed by atoms with Crippen molar-refractivity contribution in [3.8, 4) is 0 Å². The van der Waals surface area contributed by atoms with Crippen molar-refractivity contribution in [1.29, 1.82) is 0 Å². The van der Waals surface area contributed by atoms with Crippen LogP contribution in [0, 0.1) is 5.92 Å². The summed E-state index contributed by atoms with van der Waals surface area (Å²) >= 11 is 0.